The van der Waals surface area contributed by atoms with Gasteiger partial charge in [0.1, 0.15) is 0 Å². The second kappa shape index (κ2) is 7.25. The summed E-state index contributed by atoms with van der Waals surface area (Å²) in [6, 6.07) is 5.63. The maximum atomic E-state index is 12.2. The number of carbonyl (C=O) groups excluding carboxylic acids is 1. The van der Waals surface area contributed by atoms with Crippen LogP contribution in [-0.4, -0.2) is 41.7 Å². The van der Waals surface area contributed by atoms with Crippen molar-refractivity contribution >= 4 is 23.2 Å². The first kappa shape index (κ1) is 16.3. The molecule has 0 radical (unpaired) electrons. The highest BCUT2D eigenvalue weighted by atomic mass is 35.5. The molecule has 0 bridgehead atoms. The number of hydrogen-bond acceptors (Lipinski definition) is 3. The zero-order chi connectivity index (χ0) is 15.4. The lowest BCUT2D eigenvalue weighted by Gasteiger charge is -2.38. The van der Waals surface area contributed by atoms with Crippen molar-refractivity contribution in [2.75, 3.05) is 25.0 Å². The number of hydrogen-bond donors (Lipinski definition) is 2. The normalized spacial score (nSPS) is 23.0. The molecule has 1 aliphatic rings. The average Bonchev–Trinajstić information content (AvgIpc) is 2.42. The molecule has 5 heteroatoms. The number of benzene rings is 1. The van der Waals surface area contributed by atoms with Gasteiger partial charge in [-0.3, -0.25) is 9.69 Å². The molecule has 1 fully saturated rings. The third-order valence-electron chi connectivity index (χ3n) is 4.16. The number of aryl methyl sites for hydroxylation is 1. The first-order valence-electron chi connectivity index (χ1n) is 7.42. The lowest BCUT2D eigenvalue weighted by atomic mass is 9.91. The van der Waals surface area contributed by atoms with Crippen LogP contribution in [0, 0.1) is 12.8 Å². The summed E-state index contributed by atoms with van der Waals surface area (Å²) in [6.45, 7) is 5.32. The number of anilines is 1. The maximum Gasteiger partial charge on any atom is 0.238 e. The van der Waals surface area contributed by atoms with Crippen molar-refractivity contribution < 1.29 is 9.90 Å². The number of carbonyl (C=O) groups is 1. The molecule has 1 aromatic rings. The predicted octanol–water partition coefficient (Wildman–Crippen LogP) is 2.68. The van der Waals surface area contributed by atoms with Crippen LogP contribution in [0.2, 0.25) is 5.02 Å². The van der Waals surface area contributed by atoms with Gasteiger partial charge in [-0.15, -0.1) is 0 Å². The highest BCUT2D eigenvalue weighted by Crippen LogP contribution is 2.24. The molecule has 2 N–H and O–H groups in total. The lowest BCUT2D eigenvalue weighted by Crippen LogP contribution is -2.49. The van der Waals surface area contributed by atoms with Gasteiger partial charge in [-0.05, 0) is 49.9 Å². The van der Waals surface area contributed by atoms with Crippen molar-refractivity contribution in [2.24, 2.45) is 5.92 Å². The molecule has 1 amide bonds. The molecular weight excluding hydrogens is 288 g/mol. The van der Waals surface area contributed by atoms with Gasteiger partial charge in [0, 0.05) is 6.04 Å². The Kier molecular flexibility index (Phi) is 5.62. The monoisotopic (exact) mass is 310 g/mol. The minimum Gasteiger partial charge on any atom is -0.395 e. The Hall–Kier alpha value is -1.10. The molecule has 2 unspecified atom stereocenters. The number of nitrogens with one attached hydrogen (secondary N) is 1. The van der Waals surface area contributed by atoms with Gasteiger partial charge >= 0.3 is 0 Å². The number of likely N-dealkylation sites (tertiary alicyclic amines) is 1. The first-order valence-corrected chi connectivity index (χ1v) is 7.80. The van der Waals surface area contributed by atoms with E-state index in [4.69, 9.17) is 11.6 Å². The molecule has 21 heavy (non-hydrogen) atoms. The van der Waals surface area contributed by atoms with Gasteiger partial charge in [0.2, 0.25) is 5.91 Å². The Labute approximate surface area is 131 Å². The van der Waals surface area contributed by atoms with Gasteiger partial charge in [0.25, 0.3) is 0 Å². The number of piperidine rings is 1. The second-order valence-corrected chi connectivity index (χ2v) is 6.28. The van der Waals surface area contributed by atoms with Crippen LogP contribution >= 0.6 is 11.6 Å². The Morgan fingerprint density at radius 2 is 2.29 bits per heavy atom. The van der Waals surface area contributed by atoms with E-state index < -0.39 is 0 Å². The summed E-state index contributed by atoms with van der Waals surface area (Å²) in [5.74, 6) is 0.327. The van der Waals surface area contributed by atoms with Crippen molar-refractivity contribution in [3.8, 4) is 0 Å². The zero-order valence-electron chi connectivity index (χ0n) is 12.6. The number of aliphatic hydroxyl groups is 1. The molecule has 2 rings (SSSR count). The van der Waals surface area contributed by atoms with Gasteiger partial charge in [-0.2, -0.15) is 0 Å². The summed E-state index contributed by atoms with van der Waals surface area (Å²) in [5, 5.41) is 12.9. The van der Waals surface area contributed by atoms with Crippen LogP contribution in [0.15, 0.2) is 18.2 Å². The maximum absolute atomic E-state index is 12.2. The lowest BCUT2D eigenvalue weighted by molar-refractivity contribution is -0.118. The molecule has 0 aliphatic carbocycles. The Bertz CT molecular complexity index is 507. The van der Waals surface area contributed by atoms with Crippen LogP contribution in [0.5, 0.6) is 0 Å². The van der Waals surface area contributed by atoms with Gasteiger partial charge in [0.15, 0.2) is 0 Å². The third kappa shape index (κ3) is 4.19. The molecule has 2 atom stereocenters. The molecule has 4 nitrogen and oxygen atoms in total. The molecular formula is C16H23ClN2O2. The Morgan fingerprint density at radius 1 is 1.52 bits per heavy atom. The van der Waals surface area contributed by atoms with Gasteiger partial charge < -0.3 is 10.4 Å². The van der Waals surface area contributed by atoms with Crippen LogP contribution in [0.4, 0.5) is 5.69 Å². The van der Waals surface area contributed by atoms with Crippen LogP contribution in [0.1, 0.15) is 25.3 Å². The van der Waals surface area contributed by atoms with E-state index in [-0.39, 0.29) is 18.6 Å². The van der Waals surface area contributed by atoms with Crippen molar-refractivity contribution in [2.45, 2.75) is 32.7 Å². The molecule has 1 aliphatic heterocycles. The molecule has 1 aromatic carbocycles. The van der Waals surface area contributed by atoms with Crippen molar-refractivity contribution in [1.29, 1.82) is 0 Å². The molecule has 0 spiro atoms. The molecule has 0 aromatic heterocycles. The highest BCUT2D eigenvalue weighted by molar-refractivity contribution is 6.33. The average molecular weight is 311 g/mol. The molecule has 1 saturated heterocycles. The molecule has 116 valence electrons. The van der Waals surface area contributed by atoms with Gasteiger partial charge in [-0.1, -0.05) is 24.6 Å². The van der Waals surface area contributed by atoms with Crippen LogP contribution in [0.3, 0.4) is 0 Å². The van der Waals surface area contributed by atoms with Gasteiger partial charge in [-0.25, -0.2) is 0 Å². The zero-order valence-corrected chi connectivity index (χ0v) is 13.4. The number of rotatable bonds is 4. The number of nitrogens with zero attached hydrogens (tertiary/aromatic N) is 1. The van der Waals surface area contributed by atoms with E-state index in [1.807, 2.05) is 25.1 Å². The molecule has 1 heterocycles. The van der Waals surface area contributed by atoms with E-state index in [1.165, 1.54) is 0 Å². The minimum atomic E-state index is -0.0895. The summed E-state index contributed by atoms with van der Waals surface area (Å²) >= 11 is 6.13. The van der Waals surface area contributed by atoms with E-state index in [9.17, 15) is 9.90 Å². The van der Waals surface area contributed by atoms with E-state index in [0.717, 1.165) is 24.9 Å². The van der Waals surface area contributed by atoms with Crippen LogP contribution in [0.25, 0.3) is 0 Å². The molecule has 0 saturated carbocycles. The second-order valence-electron chi connectivity index (χ2n) is 5.87. The van der Waals surface area contributed by atoms with Crippen molar-refractivity contribution in [1.82, 2.24) is 4.90 Å². The Morgan fingerprint density at radius 3 is 2.95 bits per heavy atom. The summed E-state index contributed by atoms with van der Waals surface area (Å²) < 4.78 is 0. The largest absolute Gasteiger partial charge is 0.395 e. The van der Waals surface area contributed by atoms with E-state index in [0.29, 0.717) is 23.2 Å². The number of aliphatic hydroxyl groups excluding tert-OH is 1. The topological polar surface area (TPSA) is 52.6 Å². The minimum absolute atomic E-state index is 0.0676. The quantitative estimate of drug-likeness (QED) is 0.899. The number of halogens is 1. The summed E-state index contributed by atoms with van der Waals surface area (Å²) in [4.78, 5) is 14.3. The highest BCUT2D eigenvalue weighted by Gasteiger charge is 2.29. The van der Waals surface area contributed by atoms with Gasteiger partial charge in [0.05, 0.1) is 23.9 Å². The Balaban J connectivity index is 1.97. The van der Waals surface area contributed by atoms with Crippen LogP contribution < -0.4 is 5.32 Å². The van der Waals surface area contributed by atoms with E-state index in [2.05, 4.69) is 17.1 Å². The van der Waals surface area contributed by atoms with Crippen LogP contribution in [-0.2, 0) is 4.79 Å². The summed E-state index contributed by atoms with van der Waals surface area (Å²) in [7, 11) is 0. The predicted molar refractivity (Wildman–Crippen MR) is 85.7 cm³/mol. The third-order valence-corrected chi connectivity index (χ3v) is 4.48. The fourth-order valence-electron chi connectivity index (χ4n) is 2.92. The summed E-state index contributed by atoms with van der Waals surface area (Å²) in [6.07, 6.45) is 2.17. The smallest absolute Gasteiger partial charge is 0.238 e. The fraction of sp³-hybridized carbons (Fsp3) is 0.562. The summed E-state index contributed by atoms with van der Waals surface area (Å²) in [5.41, 5.74) is 1.70. The van der Waals surface area contributed by atoms with Crippen molar-refractivity contribution in [3.05, 3.63) is 28.8 Å². The standard InChI is InChI=1S/C16H23ClN2O2/c1-11-5-6-14(13(17)8-11)18-16(21)9-19-7-3-4-12(2)15(19)10-20/h5-6,8,12,15,20H,3-4,7,9-10H2,1-2H3,(H,18,21). The van der Waals surface area contributed by atoms with E-state index in [1.54, 1.807) is 0 Å². The fourth-order valence-corrected chi connectivity index (χ4v) is 3.20. The van der Waals surface area contributed by atoms with Crippen molar-refractivity contribution in [3.63, 3.8) is 0 Å². The number of amides is 1. The first-order chi connectivity index (χ1) is 10.0. The SMILES string of the molecule is Cc1ccc(NC(=O)CN2CCCC(C)C2CO)c(Cl)c1. The van der Waals surface area contributed by atoms with E-state index >= 15 is 0 Å².